The number of rotatable bonds is 2. The molecule has 0 spiro atoms. The van der Waals surface area contributed by atoms with Crippen molar-refractivity contribution in [3.63, 3.8) is 0 Å². The smallest absolute Gasteiger partial charge is 0.0632 e. The van der Waals surface area contributed by atoms with E-state index in [4.69, 9.17) is 0 Å². The fourth-order valence-electron chi connectivity index (χ4n) is 2.56. The van der Waals surface area contributed by atoms with Gasteiger partial charge in [0.2, 0.25) is 0 Å². The maximum Gasteiger partial charge on any atom is 0.0632 e. The molecule has 0 saturated heterocycles. The third-order valence-corrected chi connectivity index (χ3v) is 3.57. The lowest BCUT2D eigenvalue weighted by molar-refractivity contribution is 0.685. The van der Waals surface area contributed by atoms with Crippen LogP contribution >= 0.6 is 0 Å². The summed E-state index contributed by atoms with van der Waals surface area (Å²) >= 11 is 0. The molecule has 0 bridgehead atoms. The second-order valence-electron chi connectivity index (χ2n) is 5.06. The maximum absolute atomic E-state index is 4.40. The average Bonchev–Trinajstić information content (AvgIpc) is 2.51. The minimum Gasteiger partial charge on any atom is -0.257 e. The molecule has 100 valence electrons. The highest BCUT2D eigenvalue weighted by Crippen LogP contribution is 2.31. The maximum atomic E-state index is 4.40. The normalized spacial score (nSPS) is 19.4. The Morgan fingerprint density at radius 3 is 1.60 bits per heavy atom. The summed E-state index contributed by atoms with van der Waals surface area (Å²) in [6.07, 6.45) is 12.9. The Labute approximate surface area is 119 Å². The number of hydrogen-bond acceptors (Lipinski definition) is 2. The van der Waals surface area contributed by atoms with Crippen LogP contribution in [0.4, 0.5) is 0 Å². The van der Waals surface area contributed by atoms with Gasteiger partial charge in [0, 0.05) is 12.4 Å². The molecule has 0 amide bonds. The summed E-state index contributed by atoms with van der Waals surface area (Å²) in [6, 6.07) is 12.1. The summed E-state index contributed by atoms with van der Waals surface area (Å²) in [5.41, 5.74) is 4.88. The third kappa shape index (κ3) is 3.21. The summed E-state index contributed by atoms with van der Waals surface area (Å²) < 4.78 is 0. The van der Waals surface area contributed by atoms with Crippen molar-refractivity contribution in [1.82, 2.24) is 9.97 Å². The van der Waals surface area contributed by atoms with Gasteiger partial charge in [-0.05, 0) is 73.2 Å². The number of aromatic nitrogens is 2. The van der Waals surface area contributed by atoms with Crippen molar-refractivity contribution in [2.24, 2.45) is 0 Å². The van der Waals surface area contributed by atoms with Crippen LogP contribution in [0.25, 0.3) is 12.2 Å². The fraction of sp³-hybridized carbons (Fsp3) is 0.222. The van der Waals surface area contributed by atoms with E-state index in [-0.39, 0.29) is 0 Å². The first-order valence-electron chi connectivity index (χ1n) is 7.15. The first kappa shape index (κ1) is 12.8. The summed E-state index contributed by atoms with van der Waals surface area (Å²) in [7, 11) is 0. The van der Waals surface area contributed by atoms with Crippen LogP contribution in [0.3, 0.4) is 0 Å². The van der Waals surface area contributed by atoms with Crippen molar-refractivity contribution in [3.8, 4) is 0 Å². The van der Waals surface area contributed by atoms with Crippen LogP contribution < -0.4 is 0 Å². The molecular weight excluding hydrogens is 244 g/mol. The van der Waals surface area contributed by atoms with Gasteiger partial charge in [0.15, 0.2) is 0 Å². The molecule has 2 nitrogen and oxygen atoms in total. The molecule has 1 fully saturated rings. The summed E-state index contributed by atoms with van der Waals surface area (Å²) in [4.78, 5) is 8.79. The lowest BCUT2D eigenvalue weighted by atomic mass is 9.88. The van der Waals surface area contributed by atoms with Gasteiger partial charge in [0.25, 0.3) is 0 Å². The van der Waals surface area contributed by atoms with Crippen LogP contribution in [0, 0.1) is 0 Å². The van der Waals surface area contributed by atoms with Crippen LogP contribution in [-0.2, 0) is 0 Å². The monoisotopic (exact) mass is 262 g/mol. The van der Waals surface area contributed by atoms with Crippen molar-refractivity contribution in [3.05, 3.63) is 71.3 Å². The van der Waals surface area contributed by atoms with Gasteiger partial charge in [-0.25, -0.2) is 0 Å². The molecule has 0 radical (unpaired) electrons. The van der Waals surface area contributed by atoms with E-state index in [2.05, 4.69) is 34.3 Å². The number of allylic oxidation sites excluding steroid dienone is 2. The van der Waals surface area contributed by atoms with E-state index in [1.165, 1.54) is 24.0 Å². The summed E-state index contributed by atoms with van der Waals surface area (Å²) in [5, 5.41) is 0. The molecule has 20 heavy (non-hydrogen) atoms. The molecule has 1 saturated carbocycles. The third-order valence-electron chi connectivity index (χ3n) is 3.57. The van der Waals surface area contributed by atoms with Crippen molar-refractivity contribution in [1.29, 1.82) is 0 Å². The molecule has 2 aromatic heterocycles. The molecule has 2 heterocycles. The standard InChI is InChI=1S/C18H18N2/c1-2-8-16(14-18-10-4-6-12-20-18)15(7-1)13-17-9-3-5-11-19-17/h3-6,9-14H,1-2,7-8H2. The van der Waals surface area contributed by atoms with Gasteiger partial charge in [0.1, 0.15) is 0 Å². The van der Waals surface area contributed by atoms with Crippen LogP contribution in [0.2, 0.25) is 0 Å². The average molecular weight is 262 g/mol. The van der Waals surface area contributed by atoms with Gasteiger partial charge in [0.05, 0.1) is 11.4 Å². The quantitative estimate of drug-likeness (QED) is 0.795. The van der Waals surface area contributed by atoms with Gasteiger partial charge in [-0.2, -0.15) is 0 Å². The number of nitrogens with zero attached hydrogens (tertiary/aromatic N) is 2. The minimum absolute atomic E-state index is 1.04. The second-order valence-corrected chi connectivity index (χ2v) is 5.06. The number of hydrogen-bond donors (Lipinski definition) is 0. The summed E-state index contributed by atoms with van der Waals surface area (Å²) in [5.74, 6) is 0. The molecule has 0 aliphatic heterocycles. The lowest BCUT2D eigenvalue weighted by Crippen LogP contribution is -1.99. The first-order chi connectivity index (χ1) is 9.92. The first-order valence-corrected chi connectivity index (χ1v) is 7.15. The Balaban J connectivity index is 1.92. The van der Waals surface area contributed by atoms with Crippen LogP contribution in [0.15, 0.2) is 59.9 Å². The predicted octanol–water partition coefficient (Wildman–Crippen LogP) is 4.52. The van der Waals surface area contributed by atoms with Gasteiger partial charge in [-0.3, -0.25) is 9.97 Å². The zero-order valence-corrected chi connectivity index (χ0v) is 11.5. The Morgan fingerprint density at radius 2 is 1.20 bits per heavy atom. The fourth-order valence-corrected chi connectivity index (χ4v) is 2.56. The molecule has 0 unspecified atom stereocenters. The highest BCUT2D eigenvalue weighted by Gasteiger charge is 2.12. The highest BCUT2D eigenvalue weighted by molar-refractivity contribution is 5.64. The largest absolute Gasteiger partial charge is 0.257 e. The Morgan fingerprint density at radius 1 is 0.700 bits per heavy atom. The Hall–Kier alpha value is -2.22. The Bertz CT molecular complexity index is 555. The van der Waals surface area contributed by atoms with E-state index >= 15 is 0 Å². The molecular formula is C18H18N2. The van der Waals surface area contributed by atoms with Gasteiger partial charge in [-0.15, -0.1) is 0 Å². The second kappa shape index (κ2) is 6.29. The number of pyridine rings is 2. The van der Waals surface area contributed by atoms with E-state index in [1.54, 1.807) is 0 Å². The zero-order valence-electron chi connectivity index (χ0n) is 11.5. The molecule has 0 atom stereocenters. The van der Waals surface area contributed by atoms with E-state index in [0.717, 1.165) is 24.2 Å². The van der Waals surface area contributed by atoms with E-state index < -0.39 is 0 Å². The molecule has 3 rings (SSSR count). The van der Waals surface area contributed by atoms with E-state index in [1.807, 2.05) is 36.7 Å². The molecule has 2 heteroatoms. The Kier molecular flexibility index (Phi) is 4.02. The SMILES string of the molecule is C(=C1CCCCC1=Cc1ccccn1)c1ccccn1. The topological polar surface area (TPSA) is 25.8 Å². The molecule has 0 N–H and O–H groups in total. The molecule has 0 aromatic carbocycles. The van der Waals surface area contributed by atoms with Crippen LogP contribution in [0.5, 0.6) is 0 Å². The lowest BCUT2D eigenvalue weighted by Gasteiger charge is -2.18. The van der Waals surface area contributed by atoms with Crippen molar-refractivity contribution in [2.75, 3.05) is 0 Å². The minimum atomic E-state index is 1.04. The van der Waals surface area contributed by atoms with E-state index in [9.17, 15) is 0 Å². The molecule has 1 aliphatic rings. The highest BCUT2D eigenvalue weighted by atomic mass is 14.7. The molecule has 2 aromatic rings. The van der Waals surface area contributed by atoms with Crippen molar-refractivity contribution < 1.29 is 0 Å². The summed E-state index contributed by atoms with van der Waals surface area (Å²) in [6.45, 7) is 0. The van der Waals surface area contributed by atoms with Crippen molar-refractivity contribution >= 4 is 12.2 Å². The van der Waals surface area contributed by atoms with Crippen molar-refractivity contribution in [2.45, 2.75) is 25.7 Å². The van der Waals surface area contributed by atoms with Crippen LogP contribution in [-0.4, -0.2) is 9.97 Å². The van der Waals surface area contributed by atoms with Gasteiger partial charge < -0.3 is 0 Å². The molecule has 1 aliphatic carbocycles. The van der Waals surface area contributed by atoms with Gasteiger partial charge >= 0.3 is 0 Å². The van der Waals surface area contributed by atoms with Crippen LogP contribution in [0.1, 0.15) is 37.1 Å². The van der Waals surface area contributed by atoms with E-state index in [0.29, 0.717) is 0 Å². The van der Waals surface area contributed by atoms with Gasteiger partial charge in [-0.1, -0.05) is 12.1 Å². The predicted molar refractivity (Wildman–Crippen MR) is 82.9 cm³/mol. The zero-order chi connectivity index (χ0) is 13.6.